The smallest absolute Gasteiger partial charge is 0.240 e. The van der Waals surface area contributed by atoms with Crippen LogP contribution in [0.2, 0.25) is 0 Å². The number of hydrogen-bond donors (Lipinski definition) is 1. The van der Waals surface area contributed by atoms with Gasteiger partial charge in [-0.15, -0.1) is 0 Å². The van der Waals surface area contributed by atoms with E-state index in [0.717, 1.165) is 0 Å². The number of carbonyl (C=O) groups is 1. The van der Waals surface area contributed by atoms with Crippen molar-refractivity contribution in [2.24, 2.45) is 0 Å². The number of nitrogens with zero attached hydrogens (tertiary/aromatic N) is 2. The number of hydrogen-bond acceptors (Lipinski definition) is 6. The highest BCUT2D eigenvalue weighted by Gasteiger charge is 2.15. The number of oxazole rings is 1. The molecule has 1 aromatic heterocycles. The molecule has 0 atom stereocenters. The zero-order valence-electron chi connectivity index (χ0n) is 13.2. The molecule has 0 radical (unpaired) electrons. The first kappa shape index (κ1) is 17.3. The molecule has 0 amide bonds. The second-order valence-electron chi connectivity index (χ2n) is 5.38. The Balaban J connectivity index is 2.03. The van der Waals surface area contributed by atoms with Gasteiger partial charge in [0.15, 0.2) is 5.78 Å². The first-order valence-corrected chi connectivity index (χ1v) is 8.45. The summed E-state index contributed by atoms with van der Waals surface area (Å²) >= 11 is 0. The Kier molecular flexibility index (Phi) is 5.30. The molecule has 124 valence electrons. The normalized spacial score (nSPS) is 11.8. The van der Waals surface area contributed by atoms with E-state index in [0.29, 0.717) is 23.7 Å². The van der Waals surface area contributed by atoms with Gasteiger partial charge in [0.25, 0.3) is 0 Å². The van der Waals surface area contributed by atoms with E-state index in [9.17, 15) is 13.2 Å². The molecule has 8 heteroatoms. The number of Topliss-reactive ketones (excluding diaryl/α,β-unsaturated/α-hetero) is 1. The number of ketones is 1. The zero-order chi connectivity index (χ0) is 17.0. The molecule has 1 aromatic carbocycles. The Labute approximate surface area is 135 Å². The molecule has 0 saturated carbocycles. The van der Waals surface area contributed by atoms with Crippen molar-refractivity contribution in [1.29, 1.82) is 0 Å². The molecule has 0 aliphatic carbocycles. The SMILES string of the molecule is CC(=O)c1ccc(S(=O)(=O)NCc2coc(CN(C)C)n2)cc1. The molecule has 1 heterocycles. The molecule has 23 heavy (non-hydrogen) atoms. The highest BCUT2D eigenvalue weighted by molar-refractivity contribution is 7.89. The van der Waals surface area contributed by atoms with Crippen LogP contribution in [0.1, 0.15) is 28.9 Å². The summed E-state index contributed by atoms with van der Waals surface area (Å²) in [6, 6.07) is 5.78. The lowest BCUT2D eigenvalue weighted by atomic mass is 10.2. The third-order valence-corrected chi connectivity index (χ3v) is 4.48. The number of carbonyl (C=O) groups excluding carboxylic acids is 1. The van der Waals surface area contributed by atoms with Crippen LogP contribution in [0.3, 0.4) is 0 Å². The Morgan fingerprint density at radius 2 is 1.91 bits per heavy atom. The van der Waals surface area contributed by atoms with Gasteiger partial charge in [-0.25, -0.2) is 18.1 Å². The van der Waals surface area contributed by atoms with Crippen LogP contribution in [0.4, 0.5) is 0 Å². The van der Waals surface area contributed by atoms with Crippen molar-refractivity contribution in [1.82, 2.24) is 14.6 Å². The fourth-order valence-corrected chi connectivity index (χ4v) is 2.89. The molecule has 7 nitrogen and oxygen atoms in total. The molecule has 0 aliphatic heterocycles. The largest absolute Gasteiger partial charge is 0.447 e. The topological polar surface area (TPSA) is 92.5 Å². The lowest BCUT2D eigenvalue weighted by Gasteiger charge is -2.06. The number of nitrogens with one attached hydrogen (secondary N) is 1. The van der Waals surface area contributed by atoms with Gasteiger partial charge < -0.3 is 9.32 Å². The summed E-state index contributed by atoms with van der Waals surface area (Å²) in [4.78, 5) is 17.4. The van der Waals surface area contributed by atoms with Crippen molar-refractivity contribution in [3.05, 3.63) is 47.7 Å². The summed E-state index contributed by atoms with van der Waals surface area (Å²) in [5.41, 5.74) is 0.972. The van der Waals surface area contributed by atoms with Crippen molar-refractivity contribution in [2.75, 3.05) is 14.1 Å². The third kappa shape index (κ3) is 4.72. The van der Waals surface area contributed by atoms with E-state index in [1.807, 2.05) is 19.0 Å². The number of aromatic nitrogens is 1. The van der Waals surface area contributed by atoms with E-state index in [2.05, 4.69) is 9.71 Å². The van der Waals surface area contributed by atoms with E-state index in [1.165, 1.54) is 37.5 Å². The van der Waals surface area contributed by atoms with E-state index in [4.69, 9.17) is 4.42 Å². The maximum Gasteiger partial charge on any atom is 0.240 e. The van der Waals surface area contributed by atoms with E-state index >= 15 is 0 Å². The van der Waals surface area contributed by atoms with Crippen LogP contribution in [-0.2, 0) is 23.1 Å². The maximum absolute atomic E-state index is 12.2. The summed E-state index contributed by atoms with van der Waals surface area (Å²) in [6.45, 7) is 2.00. The molecular weight excluding hydrogens is 318 g/mol. The Bertz CT molecular complexity index is 779. The monoisotopic (exact) mass is 337 g/mol. The van der Waals surface area contributed by atoms with Crippen LogP contribution < -0.4 is 4.72 Å². The van der Waals surface area contributed by atoms with Crippen LogP contribution in [0, 0.1) is 0 Å². The summed E-state index contributed by atoms with van der Waals surface area (Å²) in [6.07, 6.45) is 1.43. The lowest BCUT2D eigenvalue weighted by molar-refractivity contribution is 0.101. The Morgan fingerprint density at radius 1 is 1.26 bits per heavy atom. The summed E-state index contributed by atoms with van der Waals surface area (Å²) in [5.74, 6) is 0.410. The predicted molar refractivity (Wildman–Crippen MR) is 84.4 cm³/mol. The van der Waals surface area contributed by atoms with Gasteiger partial charge in [-0.2, -0.15) is 0 Å². The molecule has 0 fully saturated rings. The van der Waals surface area contributed by atoms with E-state index in [-0.39, 0.29) is 17.2 Å². The van der Waals surface area contributed by atoms with E-state index in [1.54, 1.807) is 0 Å². The summed E-state index contributed by atoms with van der Waals surface area (Å²) < 4.78 is 32.1. The minimum atomic E-state index is -3.67. The van der Waals surface area contributed by atoms with Crippen molar-refractivity contribution in [3.8, 4) is 0 Å². The molecular formula is C15H19N3O4S. The van der Waals surface area contributed by atoms with Crippen LogP contribution in [0.15, 0.2) is 39.8 Å². The quantitative estimate of drug-likeness (QED) is 0.768. The fraction of sp³-hybridized carbons (Fsp3) is 0.333. The van der Waals surface area contributed by atoms with Crippen molar-refractivity contribution < 1.29 is 17.6 Å². The van der Waals surface area contributed by atoms with Crippen molar-refractivity contribution >= 4 is 15.8 Å². The standard InChI is InChI=1S/C15H19N3O4S/c1-11(19)12-4-6-14(7-5-12)23(20,21)16-8-13-10-22-15(17-13)9-18(2)3/h4-7,10,16H,8-9H2,1-3H3. The molecule has 2 aromatic rings. The van der Waals surface area contributed by atoms with E-state index < -0.39 is 10.0 Å². The molecule has 0 unspecified atom stereocenters. The van der Waals surface area contributed by atoms with Gasteiger partial charge in [-0.3, -0.25) is 4.79 Å². The second kappa shape index (κ2) is 7.03. The van der Waals surface area contributed by atoms with Gasteiger partial charge in [-0.1, -0.05) is 12.1 Å². The van der Waals surface area contributed by atoms with Gasteiger partial charge in [0.2, 0.25) is 15.9 Å². The molecule has 0 bridgehead atoms. The lowest BCUT2D eigenvalue weighted by Crippen LogP contribution is -2.23. The van der Waals surface area contributed by atoms with Crippen LogP contribution in [-0.4, -0.2) is 38.2 Å². The molecule has 0 saturated heterocycles. The molecule has 0 spiro atoms. The van der Waals surface area contributed by atoms with Gasteiger partial charge >= 0.3 is 0 Å². The van der Waals surface area contributed by atoms with Crippen LogP contribution in [0.5, 0.6) is 0 Å². The average Bonchev–Trinajstić information content (AvgIpc) is 2.92. The first-order chi connectivity index (χ1) is 10.8. The molecule has 0 aliphatic rings. The Hall–Kier alpha value is -2.03. The third-order valence-electron chi connectivity index (χ3n) is 3.07. The van der Waals surface area contributed by atoms with Gasteiger partial charge in [0.1, 0.15) is 6.26 Å². The van der Waals surface area contributed by atoms with Gasteiger partial charge in [-0.05, 0) is 33.2 Å². The maximum atomic E-state index is 12.2. The summed E-state index contributed by atoms with van der Waals surface area (Å²) in [7, 11) is 0.104. The van der Waals surface area contributed by atoms with Crippen molar-refractivity contribution in [3.63, 3.8) is 0 Å². The number of sulfonamides is 1. The average molecular weight is 337 g/mol. The first-order valence-electron chi connectivity index (χ1n) is 6.96. The number of benzene rings is 1. The van der Waals surface area contributed by atoms with Crippen LogP contribution in [0.25, 0.3) is 0 Å². The predicted octanol–water partition coefficient (Wildman–Crippen LogP) is 1.42. The fourth-order valence-electron chi connectivity index (χ4n) is 1.89. The molecule has 2 rings (SSSR count). The van der Waals surface area contributed by atoms with Crippen molar-refractivity contribution in [2.45, 2.75) is 24.9 Å². The number of rotatable bonds is 7. The molecule has 1 N–H and O–H groups in total. The second-order valence-corrected chi connectivity index (χ2v) is 7.14. The highest BCUT2D eigenvalue weighted by Crippen LogP contribution is 2.12. The minimum Gasteiger partial charge on any atom is -0.447 e. The summed E-state index contributed by atoms with van der Waals surface area (Å²) in [5, 5.41) is 0. The van der Waals surface area contributed by atoms with Crippen LogP contribution >= 0.6 is 0 Å². The van der Waals surface area contributed by atoms with Gasteiger partial charge in [0.05, 0.1) is 23.7 Å². The van der Waals surface area contributed by atoms with Gasteiger partial charge in [0, 0.05) is 5.56 Å². The minimum absolute atomic E-state index is 0.0354. The zero-order valence-corrected chi connectivity index (χ0v) is 14.1. The Morgan fingerprint density at radius 3 is 2.48 bits per heavy atom. The highest BCUT2D eigenvalue weighted by atomic mass is 32.2.